The lowest BCUT2D eigenvalue weighted by Gasteiger charge is -2.34. The van der Waals surface area contributed by atoms with E-state index in [9.17, 15) is 17.6 Å². The largest absolute Gasteiger partial charge is 0.377 e. The molecule has 2 amide bonds. The van der Waals surface area contributed by atoms with Crippen LogP contribution in [0.5, 0.6) is 0 Å². The van der Waals surface area contributed by atoms with E-state index >= 15 is 0 Å². The fraction of sp³-hybridized carbons (Fsp3) is 0.333. The molecule has 1 saturated heterocycles. The molecule has 43 heavy (non-hydrogen) atoms. The fourth-order valence-electron chi connectivity index (χ4n) is 5.38. The molecule has 11 nitrogen and oxygen atoms in total. The van der Waals surface area contributed by atoms with Crippen LogP contribution in [0.1, 0.15) is 36.7 Å². The Balaban J connectivity index is 1.35. The summed E-state index contributed by atoms with van der Waals surface area (Å²) in [6, 6.07) is 12.2. The summed E-state index contributed by atoms with van der Waals surface area (Å²) in [6.45, 7) is 7.06. The number of H-pyrrole nitrogens is 1. The Hall–Kier alpha value is -4.36. The summed E-state index contributed by atoms with van der Waals surface area (Å²) >= 11 is 0. The number of ether oxygens (including phenoxy) is 1. The van der Waals surface area contributed by atoms with E-state index in [1.807, 2.05) is 6.92 Å². The number of carbonyl (C=O) groups is 1. The number of aromatic nitrogens is 4. The van der Waals surface area contributed by atoms with Gasteiger partial charge in [0.15, 0.2) is 15.7 Å². The minimum Gasteiger partial charge on any atom is -0.377 e. The van der Waals surface area contributed by atoms with Gasteiger partial charge in [0.1, 0.15) is 16.4 Å². The minimum absolute atomic E-state index is 0.0272. The van der Waals surface area contributed by atoms with Gasteiger partial charge in [0, 0.05) is 30.1 Å². The van der Waals surface area contributed by atoms with Crippen LogP contribution in [0.2, 0.25) is 0 Å². The lowest BCUT2D eigenvalue weighted by molar-refractivity contribution is 0.0985. The number of benzene rings is 2. The summed E-state index contributed by atoms with van der Waals surface area (Å²) in [7, 11) is -3.89. The SMILES string of the molecule is Cc1cc(F)ccc1S(=O)(=O)C1(c2cc(N3CCOC[C@@H]3C)nc(-c3ccc(NC(=O)Nc4c[nH]nc4C)cc3)n2)CC1. The number of aromatic amines is 1. The monoisotopic (exact) mass is 605 g/mol. The molecule has 2 aromatic carbocycles. The zero-order valence-electron chi connectivity index (χ0n) is 24.0. The molecule has 1 aliphatic carbocycles. The highest BCUT2D eigenvalue weighted by atomic mass is 32.2. The molecule has 0 unspecified atom stereocenters. The van der Waals surface area contributed by atoms with Crippen molar-refractivity contribution in [2.45, 2.75) is 49.3 Å². The molecule has 1 atom stereocenters. The summed E-state index contributed by atoms with van der Waals surface area (Å²) in [4.78, 5) is 24.3. The number of morpholine rings is 1. The summed E-state index contributed by atoms with van der Waals surface area (Å²) in [5.41, 5.74) is 3.21. The number of urea groups is 1. The number of anilines is 3. The van der Waals surface area contributed by atoms with Gasteiger partial charge in [-0.3, -0.25) is 5.10 Å². The van der Waals surface area contributed by atoms with Crippen molar-refractivity contribution >= 4 is 33.1 Å². The highest BCUT2D eigenvalue weighted by molar-refractivity contribution is 7.92. The third kappa shape index (κ3) is 5.45. The Labute approximate surface area is 248 Å². The quantitative estimate of drug-likeness (QED) is 0.251. The molecule has 0 spiro atoms. The van der Waals surface area contributed by atoms with Crippen molar-refractivity contribution < 1.29 is 22.3 Å². The molecule has 3 heterocycles. The first-order chi connectivity index (χ1) is 20.6. The minimum atomic E-state index is -3.89. The van der Waals surface area contributed by atoms with Crippen molar-refractivity contribution in [1.29, 1.82) is 0 Å². The van der Waals surface area contributed by atoms with E-state index in [2.05, 4.69) is 25.7 Å². The van der Waals surface area contributed by atoms with Gasteiger partial charge in [-0.25, -0.2) is 27.6 Å². The molecule has 1 saturated carbocycles. The second kappa shape index (κ2) is 11.0. The van der Waals surface area contributed by atoms with Gasteiger partial charge >= 0.3 is 6.03 Å². The second-order valence-corrected chi connectivity index (χ2v) is 13.2. The number of carbonyl (C=O) groups excluding carboxylic acids is 1. The number of hydrogen-bond donors (Lipinski definition) is 3. The molecular weight excluding hydrogens is 573 g/mol. The van der Waals surface area contributed by atoms with Gasteiger partial charge in [-0.15, -0.1) is 0 Å². The maximum atomic E-state index is 14.1. The topological polar surface area (TPSA) is 142 Å². The molecule has 0 bridgehead atoms. The maximum Gasteiger partial charge on any atom is 0.323 e. The third-order valence-corrected chi connectivity index (χ3v) is 10.6. The number of hydrogen-bond acceptors (Lipinski definition) is 8. The first kappa shape index (κ1) is 28.7. The fourth-order valence-corrected chi connectivity index (χ4v) is 7.55. The molecule has 2 aliphatic rings. The van der Waals surface area contributed by atoms with Crippen molar-refractivity contribution in [3.63, 3.8) is 0 Å². The molecule has 13 heteroatoms. The lowest BCUT2D eigenvalue weighted by atomic mass is 10.1. The molecule has 2 aromatic heterocycles. The van der Waals surface area contributed by atoms with Crippen LogP contribution in [-0.4, -0.2) is 60.4 Å². The van der Waals surface area contributed by atoms with E-state index in [1.165, 1.54) is 18.2 Å². The van der Waals surface area contributed by atoms with E-state index in [-0.39, 0.29) is 10.9 Å². The van der Waals surface area contributed by atoms with Crippen LogP contribution in [0.15, 0.2) is 59.6 Å². The van der Waals surface area contributed by atoms with Gasteiger partial charge < -0.3 is 20.3 Å². The molecule has 3 N–H and O–H groups in total. The number of nitrogens with one attached hydrogen (secondary N) is 3. The van der Waals surface area contributed by atoms with E-state index in [0.717, 1.165) is 0 Å². The highest BCUT2D eigenvalue weighted by Crippen LogP contribution is 2.55. The van der Waals surface area contributed by atoms with Crippen LogP contribution in [0.3, 0.4) is 0 Å². The molecule has 4 aromatic rings. The van der Waals surface area contributed by atoms with Crippen molar-refractivity contribution in [3.8, 4) is 11.4 Å². The van der Waals surface area contributed by atoms with E-state index in [1.54, 1.807) is 50.4 Å². The number of aryl methyl sites for hydroxylation is 2. The van der Waals surface area contributed by atoms with E-state index < -0.39 is 26.4 Å². The molecule has 6 rings (SSSR count). The van der Waals surface area contributed by atoms with Crippen LogP contribution in [0.4, 0.5) is 26.4 Å². The van der Waals surface area contributed by atoms with Gasteiger partial charge in [-0.1, -0.05) is 0 Å². The van der Waals surface area contributed by atoms with E-state index in [0.29, 0.717) is 78.1 Å². The normalized spacial score (nSPS) is 17.9. The van der Waals surface area contributed by atoms with Gasteiger partial charge in [0.25, 0.3) is 0 Å². The maximum absolute atomic E-state index is 14.1. The van der Waals surface area contributed by atoms with Crippen LogP contribution < -0.4 is 15.5 Å². The van der Waals surface area contributed by atoms with Crippen molar-refractivity contribution in [3.05, 3.63) is 77.5 Å². The average molecular weight is 606 g/mol. The number of sulfone groups is 1. The van der Waals surface area contributed by atoms with Crippen LogP contribution >= 0.6 is 0 Å². The summed E-state index contributed by atoms with van der Waals surface area (Å²) in [6.07, 6.45) is 2.39. The van der Waals surface area contributed by atoms with Crippen molar-refractivity contribution in [1.82, 2.24) is 20.2 Å². The summed E-state index contributed by atoms with van der Waals surface area (Å²) in [5, 5.41) is 12.2. The van der Waals surface area contributed by atoms with E-state index in [4.69, 9.17) is 14.7 Å². The average Bonchev–Trinajstić information content (AvgIpc) is 3.71. The molecule has 1 aliphatic heterocycles. The lowest BCUT2D eigenvalue weighted by Crippen LogP contribution is -2.44. The molecule has 2 fully saturated rings. The smallest absolute Gasteiger partial charge is 0.323 e. The van der Waals surface area contributed by atoms with Gasteiger partial charge in [-0.2, -0.15) is 5.10 Å². The highest BCUT2D eigenvalue weighted by Gasteiger charge is 2.58. The Bertz CT molecular complexity index is 1790. The Kier molecular flexibility index (Phi) is 7.38. The van der Waals surface area contributed by atoms with Crippen LogP contribution in [0.25, 0.3) is 11.4 Å². The molecule has 0 radical (unpaired) electrons. The Morgan fingerprint density at radius 1 is 1.09 bits per heavy atom. The molecule has 224 valence electrons. The Morgan fingerprint density at radius 2 is 1.86 bits per heavy atom. The zero-order valence-corrected chi connectivity index (χ0v) is 24.8. The number of amides is 2. The number of rotatable bonds is 7. The number of halogens is 1. The Morgan fingerprint density at radius 3 is 2.51 bits per heavy atom. The van der Waals surface area contributed by atoms with Gasteiger partial charge in [0.05, 0.1) is 41.2 Å². The first-order valence-electron chi connectivity index (χ1n) is 14.0. The van der Waals surface area contributed by atoms with Gasteiger partial charge in [0.2, 0.25) is 0 Å². The predicted octanol–water partition coefficient (Wildman–Crippen LogP) is 4.95. The predicted molar refractivity (Wildman–Crippen MR) is 160 cm³/mol. The molecular formula is C30H32FN7O4S. The number of nitrogens with zero attached hydrogens (tertiary/aromatic N) is 4. The third-order valence-electron chi connectivity index (χ3n) is 7.97. The van der Waals surface area contributed by atoms with Crippen molar-refractivity contribution in [2.75, 3.05) is 35.3 Å². The zero-order chi connectivity index (χ0) is 30.4. The van der Waals surface area contributed by atoms with Crippen molar-refractivity contribution in [2.24, 2.45) is 0 Å². The standard InChI is InChI=1S/C30H32FN7O4S/c1-18-14-22(31)6-9-25(18)43(40,41)30(10-11-30)26-15-27(38-12-13-42-17-19(38)2)36-28(35-26)21-4-7-23(8-5-21)33-29(39)34-24-16-32-37-20(24)3/h4-9,14-16,19H,10-13,17H2,1-3H3,(H,32,37)(H2,33,34,39)/t19-/m0/s1. The van der Waals surface area contributed by atoms with Crippen LogP contribution in [0, 0.1) is 19.7 Å². The second-order valence-electron chi connectivity index (χ2n) is 11.0. The first-order valence-corrected chi connectivity index (χ1v) is 15.5. The summed E-state index contributed by atoms with van der Waals surface area (Å²) in [5.74, 6) is 0.500. The van der Waals surface area contributed by atoms with Gasteiger partial charge in [-0.05, 0) is 81.6 Å². The summed E-state index contributed by atoms with van der Waals surface area (Å²) < 4.78 is 46.4. The van der Waals surface area contributed by atoms with Crippen LogP contribution in [-0.2, 0) is 19.3 Å².